The number of thiazole rings is 1. The van der Waals surface area contributed by atoms with Crippen molar-refractivity contribution in [2.45, 2.75) is 110 Å². The largest absolute Gasteiger partial charge is 0.391 e. The Kier molecular flexibility index (Phi) is 18.8. The molecule has 4 N–H and O–H groups in total. The number of anilines is 2. The van der Waals surface area contributed by atoms with E-state index in [4.69, 9.17) is 19.3 Å². The third-order valence-electron chi connectivity index (χ3n) is 15.5. The van der Waals surface area contributed by atoms with Gasteiger partial charge in [0.05, 0.1) is 67.4 Å². The maximum absolute atomic E-state index is 14.8. The second-order valence-electron chi connectivity index (χ2n) is 22.2. The summed E-state index contributed by atoms with van der Waals surface area (Å²) in [6.07, 6.45) is 3.15. The van der Waals surface area contributed by atoms with Gasteiger partial charge < -0.3 is 54.9 Å². The van der Waals surface area contributed by atoms with E-state index in [0.29, 0.717) is 74.6 Å². The molecule has 2 fully saturated rings. The monoisotopic (exact) mass is 1140 g/mol. The van der Waals surface area contributed by atoms with Gasteiger partial charge in [0.15, 0.2) is 5.82 Å². The number of ether oxygens (including phenoxy) is 3. The molecule has 0 unspecified atom stereocenters. The lowest BCUT2D eigenvalue weighted by Crippen LogP contribution is -2.58. The predicted molar refractivity (Wildman–Crippen MR) is 299 cm³/mol. The van der Waals surface area contributed by atoms with Crippen molar-refractivity contribution in [1.82, 2.24) is 55.2 Å². The summed E-state index contributed by atoms with van der Waals surface area (Å²) in [6, 6.07) is 9.12. The number of fused-ring (bicyclic) bond motifs is 2. The van der Waals surface area contributed by atoms with E-state index in [0.717, 1.165) is 51.4 Å². The number of nitrogens with zero attached hydrogens (tertiary/aromatic N) is 9. The van der Waals surface area contributed by atoms with Crippen molar-refractivity contribution in [3.8, 4) is 21.6 Å². The minimum atomic E-state index is -2.72. The molecule has 7 heterocycles. The molecule has 2 saturated heterocycles. The maximum Gasteiger partial charge on any atom is 0.317 e. The van der Waals surface area contributed by atoms with Crippen molar-refractivity contribution in [1.29, 1.82) is 0 Å². The fourth-order valence-electron chi connectivity index (χ4n) is 11.2. The number of nitrogens with one attached hydrogen (secondary N) is 3. The Balaban J connectivity index is 0.703. The number of hydrogen-bond acceptors (Lipinski definition) is 14. The molecule has 3 aromatic heterocycles. The van der Waals surface area contributed by atoms with Crippen LogP contribution < -0.4 is 20.9 Å². The molecule has 4 aliphatic heterocycles. The number of urea groups is 1. The number of likely N-dealkylation sites (tertiary alicyclic amines) is 2. The zero-order chi connectivity index (χ0) is 57.5. The van der Waals surface area contributed by atoms with Gasteiger partial charge in [-0.05, 0) is 72.4 Å². The number of aryl methyl sites for hydroxylation is 3. The van der Waals surface area contributed by atoms with Gasteiger partial charge in [0.2, 0.25) is 23.6 Å². The highest BCUT2D eigenvalue weighted by atomic mass is 32.1. The minimum Gasteiger partial charge on any atom is -0.391 e. The normalized spacial score (nSPS) is 18.0. The smallest absolute Gasteiger partial charge is 0.317 e. The summed E-state index contributed by atoms with van der Waals surface area (Å²) in [5.41, 5.74) is 8.47. The average molecular weight is 1140 g/mol. The van der Waals surface area contributed by atoms with E-state index in [1.54, 1.807) is 63.9 Å². The van der Waals surface area contributed by atoms with Gasteiger partial charge in [-0.3, -0.25) is 28.5 Å². The van der Waals surface area contributed by atoms with Crippen molar-refractivity contribution in [2.24, 2.45) is 12.5 Å². The quantitative estimate of drug-likeness (QED) is 0.0711. The molecule has 5 aromatic rings. The molecule has 0 aliphatic carbocycles. The van der Waals surface area contributed by atoms with E-state index < -0.39 is 47.7 Å². The molecular weight excluding hydrogens is 1070 g/mol. The van der Waals surface area contributed by atoms with Crippen molar-refractivity contribution in [3.05, 3.63) is 87.9 Å². The zero-order valence-corrected chi connectivity index (χ0v) is 47.7. The van der Waals surface area contributed by atoms with Crippen LogP contribution in [0.15, 0.2) is 54.3 Å². The lowest BCUT2D eigenvalue weighted by Gasteiger charge is -2.35. The molecule has 0 saturated carbocycles. The molecule has 3 atom stereocenters. The van der Waals surface area contributed by atoms with Gasteiger partial charge in [0.25, 0.3) is 6.43 Å². The lowest BCUT2D eigenvalue weighted by atomic mass is 9.85. The summed E-state index contributed by atoms with van der Waals surface area (Å²) < 4.78 is 50.1. The lowest BCUT2D eigenvalue weighted by molar-refractivity contribution is -0.144. The van der Waals surface area contributed by atoms with Crippen molar-refractivity contribution < 1.29 is 52.1 Å². The van der Waals surface area contributed by atoms with E-state index in [2.05, 4.69) is 30.7 Å². The number of carbonyl (C=O) groups excluding carboxylic acids is 5. The van der Waals surface area contributed by atoms with E-state index in [-0.39, 0.29) is 82.7 Å². The number of hydrogen-bond donors (Lipinski definition) is 4. The van der Waals surface area contributed by atoms with Crippen LogP contribution in [0, 0.1) is 12.3 Å². The second-order valence-corrected chi connectivity index (χ2v) is 23.1. The van der Waals surface area contributed by atoms with E-state index in [1.165, 1.54) is 4.90 Å². The summed E-state index contributed by atoms with van der Waals surface area (Å²) in [6.45, 7) is 10.0. The molecule has 6 amide bonds. The van der Waals surface area contributed by atoms with Gasteiger partial charge in [0, 0.05) is 100 Å². The fourth-order valence-corrected chi connectivity index (χ4v) is 12.0. The molecule has 24 heteroatoms. The Hall–Kier alpha value is -6.86. The molecule has 0 bridgehead atoms. The standard InChI is InChI=1S/C57H74F2N12O9S/c1-35-50(81-34-62-35)37-11-9-36(10-12-37)27-61-54(75)47-25-41(72)30-70(47)55(76)51(57(2,3)4)64-48(73)32-79-22-20-78-21-23-80-33-49(74)67-17-13-40(14-18-67)71-45-15-19-68(56(77)60-5)31-44(45)53(65-71)69-16-7-8-38-24-42(39-28-63-66(6)29-39)43(52(58)59)26-46(38)69/h9-12,24,26,28-29,34,40-41,47,51-52,72H,7-8,13-23,25,27,30-33H2,1-6H3,(H,60,77)(H,61,75)(H,64,73)/t41-,47+,51-/m1/s1. The molecule has 21 nitrogen and oxygen atoms in total. The number of aliphatic hydroxyl groups is 1. The highest BCUT2D eigenvalue weighted by Gasteiger charge is 2.45. The number of benzene rings is 2. The van der Waals surface area contributed by atoms with Crippen LogP contribution in [0.3, 0.4) is 0 Å². The predicted octanol–water partition coefficient (Wildman–Crippen LogP) is 5.46. The first-order valence-corrected chi connectivity index (χ1v) is 28.6. The molecule has 9 rings (SSSR count). The second kappa shape index (κ2) is 25.9. The van der Waals surface area contributed by atoms with Crippen LogP contribution in [0.5, 0.6) is 0 Å². The van der Waals surface area contributed by atoms with Crippen molar-refractivity contribution >= 4 is 52.5 Å². The highest BCUT2D eigenvalue weighted by molar-refractivity contribution is 7.13. The Morgan fingerprint density at radius 3 is 2.31 bits per heavy atom. The van der Waals surface area contributed by atoms with Crippen molar-refractivity contribution in [3.63, 3.8) is 0 Å². The van der Waals surface area contributed by atoms with Crippen LogP contribution in [0.1, 0.15) is 92.6 Å². The zero-order valence-electron chi connectivity index (χ0n) is 46.9. The molecule has 436 valence electrons. The number of halogens is 2. The minimum absolute atomic E-state index is 0.0275. The molecule has 0 radical (unpaired) electrons. The third kappa shape index (κ3) is 13.7. The Labute approximate surface area is 474 Å². The van der Waals surface area contributed by atoms with Gasteiger partial charge in [-0.25, -0.2) is 18.6 Å². The first-order valence-electron chi connectivity index (χ1n) is 27.7. The molecule has 0 spiro atoms. The maximum atomic E-state index is 14.8. The Morgan fingerprint density at radius 2 is 1.64 bits per heavy atom. The number of rotatable bonds is 20. The van der Waals surface area contributed by atoms with Gasteiger partial charge in [-0.15, -0.1) is 11.3 Å². The first kappa shape index (κ1) is 58.8. The summed E-state index contributed by atoms with van der Waals surface area (Å²) in [4.78, 5) is 79.2. The SMILES string of the molecule is CNC(=O)N1CCc2c(c(N3CCCc4cc(-c5cnn(C)c5)c(C(F)F)cc43)nn2C2CCN(C(=O)COCCOCCOCC(=O)N[C@H](C(=O)N3C[C@H](O)C[C@H]3C(=O)NCc3ccc(-c4scnc4C)cc3)C(C)(C)C)CC2)C1. The number of β-amino-alcohol motifs (C(OH)–C–C–N with tert-alkyl or cyclic N) is 1. The van der Waals surface area contributed by atoms with Gasteiger partial charge in [-0.1, -0.05) is 45.0 Å². The fraction of sp³-hybridized carbons (Fsp3) is 0.544. The van der Waals surface area contributed by atoms with E-state index in [1.807, 2.05) is 62.9 Å². The summed E-state index contributed by atoms with van der Waals surface area (Å²) in [5.74, 6) is -0.883. The Bertz CT molecular complexity index is 3040. The van der Waals surface area contributed by atoms with Crippen molar-refractivity contribution in [2.75, 3.05) is 84.3 Å². The van der Waals surface area contributed by atoms with Crippen LogP contribution in [-0.4, -0.2) is 172 Å². The van der Waals surface area contributed by atoms with Crippen LogP contribution in [0.4, 0.5) is 25.1 Å². The summed E-state index contributed by atoms with van der Waals surface area (Å²) >= 11 is 1.56. The van der Waals surface area contributed by atoms with Crippen LogP contribution >= 0.6 is 11.3 Å². The number of carbonyl (C=O) groups is 5. The van der Waals surface area contributed by atoms with Gasteiger partial charge in [-0.2, -0.15) is 10.2 Å². The molecule has 2 aromatic carbocycles. The highest BCUT2D eigenvalue weighted by Crippen LogP contribution is 2.44. The summed E-state index contributed by atoms with van der Waals surface area (Å²) in [5, 5.41) is 28.5. The topological polar surface area (TPSA) is 231 Å². The van der Waals surface area contributed by atoms with Gasteiger partial charge >= 0.3 is 6.03 Å². The van der Waals surface area contributed by atoms with Crippen LogP contribution in [0.2, 0.25) is 0 Å². The van der Waals surface area contributed by atoms with E-state index >= 15 is 0 Å². The number of aliphatic hydroxyl groups excluding tert-OH is 1. The van der Waals surface area contributed by atoms with Crippen LogP contribution in [0.25, 0.3) is 21.6 Å². The van der Waals surface area contributed by atoms with Gasteiger partial charge in [0.1, 0.15) is 25.3 Å². The molecule has 4 aliphatic rings. The van der Waals surface area contributed by atoms with E-state index in [9.17, 15) is 37.9 Å². The third-order valence-corrected chi connectivity index (χ3v) is 16.5. The number of aromatic nitrogens is 5. The Morgan fingerprint density at radius 1 is 0.914 bits per heavy atom. The molecule has 81 heavy (non-hydrogen) atoms. The number of amides is 6. The number of alkyl halides is 2. The first-order chi connectivity index (χ1) is 38.9. The number of piperidine rings is 1. The molecular formula is C57H74F2N12O9S. The average Bonchev–Trinajstić information content (AvgIpc) is 4.49. The van der Waals surface area contributed by atoms with Crippen LogP contribution in [-0.2, 0) is 66.4 Å². The summed E-state index contributed by atoms with van der Waals surface area (Å²) in [7, 11) is 3.36.